The van der Waals surface area contributed by atoms with Gasteiger partial charge in [0.2, 0.25) is 17.3 Å². The van der Waals surface area contributed by atoms with Crippen molar-refractivity contribution in [3.8, 4) is 17.4 Å². The van der Waals surface area contributed by atoms with Crippen LogP contribution in [0.3, 0.4) is 0 Å². The van der Waals surface area contributed by atoms with E-state index < -0.39 is 12.9 Å². The molecule has 1 unspecified atom stereocenters. The summed E-state index contributed by atoms with van der Waals surface area (Å²) in [5.74, 6) is 0.175. The van der Waals surface area contributed by atoms with Gasteiger partial charge in [0.15, 0.2) is 5.03 Å². The summed E-state index contributed by atoms with van der Waals surface area (Å²) in [5, 5.41) is 10.5. The summed E-state index contributed by atoms with van der Waals surface area (Å²) in [7, 11) is -3.73. The van der Waals surface area contributed by atoms with E-state index in [9.17, 15) is 14.7 Å². The van der Waals surface area contributed by atoms with Crippen LogP contribution in [0.15, 0.2) is 0 Å². The van der Waals surface area contributed by atoms with E-state index in [0.29, 0.717) is 31.0 Å². The lowest BCUT2D eigenvalue weighted by atomic mass is 10.4. The van der Waals surface area contributed by atoms with E-state index in [1.165, 1.54) is 0 Å². The molecule has 2 bridgehead atoms. The molecule has 1 atom stereocenters. The van der Waals surface area contributed by atoms with Crippen molar-refractivity contribution in [3.05, 3.63) is 10.1 Å². The zero-order valence-electron chi connectivity index (χ0n) is 9.48. The van der Waals surface area contributed by atoms with Crippen LogP contribution in [0, 0.1) is 10.1 Å². The molecule has 1 saturated heterocycles. The molecular formula is C8H8N3O7P. The van der Waals surface area contributed by atoms with E-state index in [0.717, 1.165) is 0 Å². The maximum absolute atomic E-state index is 11.8. The minimum Gasteiger partial charge on any atom is -0.378 e. The van der Waals surface area contributed by atoms with Crippen LogP contribution >= 0.6 is 7.82 Å². The standard InChI is InChI=1S/C8H8N3O7P/c12-11(13)10-7(9-1-3-15-4-2-9)5-6-8(10)18-19(14,16-5)17-6/h1-4H2. The maximum Gasteiger partial charge on any atom is 0.649 e. The Hall–Kier alpha value is -1.93. The fourth-order valence-corrected chi connectivity index (χ4v) is 3.58. The number of hydrogen-bond acceptors (Lipinski definition) is 8. The normalized spacial score (nSPS) is 26.8. The molecule has 19 heavy (non-hydrogen) atoms. The summed E-state index contributed by atoms with van der Waals surface area (Å²) in [5.41, 5.74) is 0. The van der Waals surface area contributed by atoms with Crippen LogP contribution in [0.25, 0.3) is 0 Å². The zero-order chi connectivity index (χ0) is 13.2. The first-order valence-corrected chi connectivity index (χ1v) is 7.00. The van der Waals surface area contributed by atoms with E-state index in [4.69, 9.17) is 18.3 Å². The summed E-state index contributed by atoms with van der Waals surface area (Å²) in [6.07, 6.45) is 0. The predicted molar refractivity (Wildman–Crippen MR) is 59.3 cm³/mol. The monoisotopic (exact) mass is 289 g/mol. The van der Waals surface area contributed by atoms with Gasteiger partial charge in [-0.2, -0.15) is 4.57 Å². The molecule has 10 nitrogen and oxygen atoms in total. The Morgan fingerprint density at radius 3 is 2.47 bits per heavy atom. The average molecular weight is 289 g/mol. The lowest BCUT2D eigenvalue weighted by Gasteiger charge is -2.27. The van der Waals surface area contributed by atoms with E-state index in [2.05, 4.69) is 0 Å². The topological polar surface area (TPSA) is 105 Å². The second kappa shape index (κ2) is 3.34. The van der Waals surface area contributed by atoms with Gasteiger partial charge in [0.1, 0.15) is 0 Å². The number of phosphoric ester groups is 1. The average Bonchev–Trinajstić information content (AvgIpc) is 2.92. The highest BCUT2D eigenvalue weighted by atomic mass is 31.2. The number of nitro groups is 1. The molecule has 0 N–H and O–H groups in total. The highest BCUT2D eigenvalue weighted by Gasteiger charge is 2.58. The Morgan fingerprint density at radius 2 is 1.84 bits per heavy atom. The quantitative estimate of drug-likeness (QED) is 0.443. The van der Waals surface area contributed by atoms with Crippen LogP contribution in [-0.4, -0.2) is 36.0 Å². The van der Waals surface area contributed by atoms with E-state index in [1.807, 2.05) is 0 Å². The van der Waals surface area contributed by atoms with Crippen molar-refractivity contribution in [2.75, 3.05) is 31.2 Å². The van der Waals surface area contributed by atoms with Crippen LogP contribution in [0.1, 0.15) is 0 Å². The van der Waals surface area contributed by atoms with Gasteiger partial charge >= 0.3 is 13.7 Å². The second-order valence-corrected chi connectivity index (χ2v) is 5.60. The first-order valence-electron chi connectivity index (χ1n) is 5.54. The highest BCUT2D eigenvalue weighted by molar-refractivity contribution is 7.50. The molecule has 0 saturated carbocycles. The lowest BCUT2D eigenvalue weighted by molar-refractivity contribution is -0.540. The fourth-order valence-electron chi connectivity index (χ4n) is 2.32. The fraction of sp³-hybridized carbons (Fsp3) is 0.500. The first kappa shape index (κ1) is 10.9. The van der Waals surface area contributed by atoms with Crippen LogP contribution in [0.5, 0.6) is 17.4 Å². The summed E-state index contributed by atoms with van der Waals surface area (Å²) in [6, 6.07) is 0. The van der Waals surface area contributed by atoms with Crippen LogP contribution < -0.4 is 18.5 Å². The number of nitrogens with zero attached hydrogens (tertiary/aromatic N) is 3. The third-order valence-corrected chi connectivity index (χ3v) is 4.28. The molecule has 0 spiro atoms. The van der Waals surface area contributed by atoms with Crippen molar-refractivity contribution >= 4 is 13.6 Å². The van der Waals surface area contributed by atoms with Crippen molar-refractivity contribution < 1.29 is 27.9 Å². The molecule has 0 radical (unpaired) electrons. The van der Waals surface area contributed by atoms with Crippen LogP contribution in [0.4, 0.5) is 5.82 Å². The third-order valence-electron chi connectivity index (χ3n) is 3.07. The molecule has 3 aliphatic heterocycles. The minimum atomic E-state index is -3.73. The summed E-state index contributed by atoms with van der Waals surface area (Å²) >= 11 is 0. The highest BCUT2D eigenvalue weighted by Crippen LogP contribution is 2.72. The SMILES string of the molecule is O=[N+]([O-])n1c2c3c(c1N1CCOCC1)OP(=O)(O3)O2. The van der Waals surface area contributed by atoms with Gasteiger partial charge in [-0.05, 0) is 4.68 Å². The molecule has 1 aromatic heterocycles. The Morgan fingerprint density at radius 1 is 1.16 bits per heavy atom. The largest absolute Gasteiger partial charge is 0.649 e. The van der Waals surface area contributed by atoms with Gasteiger partial charge in [0, 0.05) is 13.1 Å². The van der Waals surface area contributed by atoms with Gasteiger partial charge in [0.25, 0.3) is 0 Å². The van der Waals surface area contributed by atoms with Crippen molar-refractivity contribution in [2.45, 2.75) is 0 Å². The van der Waals surface area contributed by atoms with E-state index in [1.54, 1.807) is 4.90 Å². The summed E-state index contributed by atoms with van der Waals surface area (Å²) in [6.45, 7) is 1.84. The number of ether oxygens (including phenoxy) is 1. The number of anilines is 1. The molecule has 0 aliphatic carbocycles. The Bertz CT molecular complexity index is 635. The number of aromatic nitrogens is 1. The number of hydrogen-bond donors (Lipinski definition) is 0. The number of morpholine rings is 1. The van der Waals surface area contributed by atoms with Gasteiger partial charge in [-0.3, -0.25) is 0 Å². The maximum atomic E-state index is 11.8. The number of rotatable bonds is 2. The number of phosphoric acid groups is 1. The van der Waals surface area contributed by atoms with Crippen molar-refractivity contribution in [1.82, 2.24) is 4.68 Å². The van der Waals surface area contributed by atoms with Crippen LogP contribution in [-0.2, 0) is 9.30 Å². The third kappa shape index (κ3) is 1.32. The van der Waals surface area contributed by atoms with Gasteiger partial charge in [0.05, 0.1) is 13.2 Å². The molecule has 1 fully saturated rings. The smallest absolute Gasteiger partial charge is 0.378 e. The number of fused-ring (bicyclic) bond motifs is 1. The van der Waals surface area contributed by atoms with Crippen LogP contribution in [0.2, 0.25) is 0 Å². The lowest BCUT2D eigenvalue weighted by Crippen LogP contribution is -2.38. The van der Waals surface area contributed by atoms with Crippen molar-refractivity contribution in [1.29, 1.82) is 0 Å². The zero-order valence-corrected chi connectivity index (χ0v) is 10.4. The van der Waals surface area contributed by atoms with E-state index in [-0.39, 0.29) is 23.2 Å². The van der Waals surface area contributed by atoms with E-state index >= 15 is 0 Å². The Balaban J connectivity index is 1.90. The Kier molecular flexibility index (Phi) is 1.92. The van der Waals surface area contributed by atoms with Gasteiger partial charge in [-0.15, -0.1) is 0 Å². The Labute approximate surface area is 106 Å². The molecule has 4 rings (SSSR count). The molecule has 102 valence electrons. The molecule has 0 amide bonds. The molecule has 3 aliphatic rings. The molecule has 0 aromatic carbocycles. The summed E-state index contributed by atoms with van der Waals surface area (Å²) in [4.78, 5) is 12.9. The summed E-state index contributed by atoms with van der Waals surface area (Å²) < 4.78 is 32.7. The molecule has 11 heteroatoms. The molecular weight excluding hydrogens is 281 g/mol. The predicted octanol–water partition coefficient (Wildman–Crippen LogP) is 0.636. The van der Waals surface area contributed by atoms with Gasteiger partial charge in [-0.1, -0.05) is 0 Å². The molecule has 4 heterocycles. The second-order valence-electron chi connectivity index (χ2n) is 4.16. The molecule has 1 aromatic rings. The minimum absolute atomic E-state index is 0.0431. The van der Waals surface area contributed by atoms with Gasteiger partial charge < -0.3 is 23.2 Å². The van der Waals surface area contributed by atoms with Gasteiger partial charge in [-0.25, -0.2) is 10.1 Å². The van der Waals surface area contributed by atoms with Crippen molar-refractivity contribution in [3.63, 3.8) is 0 Å². The van der Waals surface area contributed by atoms with Crippen molar-refractivity contribution in [2.24, 2.45) is 0 Å². The first-order chi connectivity index (χ1) is 9.09.